The first-order chi connectivity index (χ1) is 16.2. The molecular weight excluding hydrogens is 436 g/mol. The first-order valence-electron chi connectivity index (χ1n) is 11.0. The van der Waals surface area contributed by atoms with Gasteiger partial charge < -0.3 is 9.30 Å². The van der Waals surface area contributed by atoms with Crippen LogP contribution in [0.4, 0.5) is 5.69 Å². The van der Waals surface area contributed by atoms with E-state index in [0.717, 1.165) is 15.7 Å². The predicted molar refractivity (Wildman–Crippen MR) is 128 cm³/mol. The van der Waals surface area contributed by atoms with E-state index in [1.165, 1.54) is 17.7 Å². The van der Waals surface area contributed by atoms with Gasteiger partial charge in [-0.2, -0.15) is 0 Å². The van der Waals surface area contributed by atoms with Crippen molar-refractivity contribution in [3.63, 3.8) is 0 Å². The van der Waals surface area contributed by atoms with Crippen LogP contribution in [-0.2, 0) is 25.4 Å². The largest absolute Gasteiger partial charge is 0.365 e. The third-order valence-corrected chi connectivity index (χ3v) is 6.61. The molecule has 0 N–H and O–H groups in total. The number of aryl methyl sites for hydroxylation is 3. The van der Waals surface area contributed by atoms with Crippen LogP contribution in [0.25, 0.3) is 22.2 Å². The fraction of sp³-hybridized carbons (Fsp3) is 0.280. The molecule has 1 aliphatic heterocycles. The second-order valence-corrected chi connectivity index (χ2v) is 8.73. The summed E-state index contributed by atoms with van der Waals surface area (Å²) in [5.41, 5.74) is 3.92. The molecular formula is C25H24N4O5. The first kappa shape index (κ1) is 21.8. The van der Waals surface area contributed by atoms with Crippen molar-refractivity contribution in [1.82, 2.24) is 13.7 Å². The van der Waals surface area contributed by atoms with Crippen molar-refractivity contribution in [2.45, 2.75) is 26.5 Å². The highest BCUT2D eigenvalue weighted by molar-refractivity contribution is 5.97. The zero-order valence-corrected chi connectivity index (χ0v) is 19.4. The maximum Gasteiger partial charge on any atom is 0.331 e. The van der Waals surface area contributed by atoms with Crippen LogP contribution >= 0.6 is 0 Å². The summed E-state index contributed by atoms with van der Waals surface area (Å²) in [6, 6.07) is 12.9. The molecule has 2 aromatic heterocycles. The van der Waals surface area contributed by atoms with Gasteiger partial charge in [0.2, 0.25) is 0 Å². The van der Waals surface area contributed by atoms with Gasteiger partial charge in [-0.25, -0.2) is 4.79 Å². The standard InChI is InChI=1S/C25H24N4O5/c1-14-5-8-16(9-6-14)23-22-21-19(24(30)27(4)25(31)26(21)3)20(28(22)11-12-34-23)17-10-7-15(2)18(13-17)29(32)33/h5-10,13,23H,11-12H2,1-4H3/t23-/m1/s1. The van der Waals surface area contributed by atoms with E-state index in [0.29, 0.717) is 46.6 Å². The Balaban J connectivity index is 1.93. The van der Waals surface area contributed by atoms with Gasteiger partial charge in [-0.15, -0.1) is 0 Å². The van der Waals surface area contributed by atoms with E-state index in [1.54, 1.807) is 26.1 Å². The third kappa shape index (κ3) is 3.12. The molecule has 0 spiro atoms. The summed E-state index contributed by atoms with van der Waals surface area (Å²) in [5, 5.41) is 12.0. The van der Waals surface area contributed by atoms with Crippen molar-refractivity contribution in [2.75, 3.05) is 6.61 Å². The number of hydrogen-bond donors (Lipinski definition) is 0. The van der Waals surface area contributed by atoms with Gasteiger partial charge in [0.25, 0.3) is 11.2 Å². The number of ether oxygens (including phenoxy) is 1. The summed E-state index contributed by atoms with van der Waals surface area (Å²) < 4.78 is 10.7. The van der Waals surface area contributed by atoms with Crippen LogP contribution in [0.2, 0.25) is 0 Å². The van der Waals surface area contributed by atoms with E-state index in [1.807, 2.05) is 35.8 Å². The average Bonchev–Trinajstić information content (AvgIpc) is 3.17. The maximum atomic E-state index is 13.4. The van der Waals surface area contributed by atoms with Crippen LogP contribution in [0.5, 0.6) is 0 Å². The highest BCUT2D eigenvalue weighted by Crippen LogP contribution is 2.41. The Hall–Kier alpha value is -3.98. The zero-order chi connectivity index (χ0) is 24.3. The fourth-order valence-electron chi connectivity index (χ4n) is 4.83. The molecule has 0 aliphatic carbocycles. The molecule has 0 bridgehead atoms. The molecule has 0 radical (unpaired) electrons. The van der Waals surface area contributed by atoms with Crippen LogP contribution < -0.4 is 11.2 Å². The Kier molecular flexibility index (Phi) is 5.02. The Morgan fingerprint density at radius 3 is 2.41 bits per heavy atom. The molecule has 1 aliphatic rings. The molecule has 0 amide bonds. The number of benzene rings is 2. The summed E-state index contributed by atoms with van der Waals surface area (Å²) in [7, 11) is 3.07. The number of nitro benzene ring substituents is 1. The SMILES string of the molecule is Cc1ccc([C@H]2OCCn3c(-c4ccc(C)c([N+](=O)[O-])c4)c4c(=O)n(C)c(=O)n(C)c4c32)cc1. The van der Waals surface area contributed by atoms with Gasteiger partial charge in [0, 0.05) is 37.8 Å². The lowest BCUT2D eigenvalue weighted by Gasteiger charge is -2.27. The molecule has 0 saturated heterocycles. The highest BCUT2D eigenvalue weighted by Gasteiger charge is 2.33. The minimum absolute atomic E-state index is 0.0232. The second kappa shape index (κ2) is 7.81. The fourth-order valence-corrected chi connectivity index (χ4v) is 4.83. The van der Waals surface area contributed by atoms with E-state index in [4.69, 9.17) is 4.74 Å². The van der Waals surface area contributed by atoms with Crippen molar-refractivity contribution in [1.29, 1.82) is 0 Å². The smallest absolute Gasteiger partial charge is 0.331 e. The average molecular weight is 460 g/mol. The van der Waals surface area contributed by atoms with Crippen LogP contribution in [-0.4, -0.2) is 25.2 Å². The lowest BCUT2D eigenvalue weighted by Crippen LogP contribution is -2.37. The number of nitrogens with zero attached hydrogens (tertiary/aromatic N) is 4. The molecule has 2 aromatic carbocycles. The zero-order valence-electron chi connectivity index (χ0n) is 19.4. The minimum Gasteiger partial charge on any atom is -0.365 e. The molecule has 0 unspecified atom stereocenters. The highest BCUT2D eigenvalue weighted by atomic mass is 16.6. The Morgan fingerprint density at radius 1 is 1.03 bits per heavy atom. The Bertz CT molecular complexity index is 1590. The van der Waals surface area contributed by atoms with Crippen LogP contribution in [0.1, 0.15) is 28.5 Å². The molecule has 0 saturated carbocycles. The van der Waals surface area contributed by atoms with E-state index in [9.17, 15) is 19.7 Å². The van der Waals surface area contributed by atoms with E-state index >= 15 is 0 Å². The van der Waals surface area contributed by atoms with Gasteiger partial charge in [0.05, 0.1) is 33.8 Å². The molecule has 1 atom stereocenters. The molecule has 0 fully saturated rings. The van der Waals surface area contributed by atoms with Gasteiger partial charge in [-0.1, -0.05) is 42.0 Å². The van der Waals surface area contributed by atoms with E-state index in [2.05, 4.69) is 0 Å². The van der Waals surface area contributed by atoms with Crippen molar-refractivity contribution in [2.24, 2.45) is 14.1 Å². The van der Waals surface area contributed by atoms with Gasteiger partial charge >= 0.3 is 5.69 Å². The van der Waals surface area contributed by atoms with Crippen molar-refractivity contribution < 1.29 is 9.66 Å². The molecule has 9 nitrogen and oxygen atoms in total. The third-order valence-electron chi connectivity index (χ3n) is 6.61. The number of rotatable bonds is 3. The van der Waals surface area contributed by atoms with Crippen LogP contribution in [0.3, 0.4) is 0 Å². The van der Waals surface area contributed by atoms with E-state index < -0.39 is 22.3 Å². The van der Waals surface area contributed by atoms with Crippen LogP contribution in [0.15, 0.2) is 52.1 Å². The first-order valence-corrected chi connectivity index (χ1v) is 11.0. The van der Waals surface area contributed by atoms with Crippen LogP contribution in [0, 0.1) is 24.0 Å². The molecule has 3 heterocycles. The van der Waals surface area contributed by atoms with Crippen molar-refractivity contribution >= 4 is 16.6 Å². The van der Waals surface area contributed by atoms with Crippen molar-refractivity contribution in [3.8, 4) is 11.3 Å². The molecule has 174 valence electrons. The maximum absolute atomic E-state index is 13.4. The number of aromatic nitrogens is 3. The number of fused-ring (bicyclic) bond motifs is 3. The van der Waals surface area contributed by atoms with Gasteiger partial charge in [-0.3, -0.25) is 24.0 Å². The predicted octanol–water partition coefficient (Wildman–Crippen LogP) is 3.35. The molecule has 34 heavy (non-hydrogen) atoms. The summed E-state index contributed by atoms with van der Waals surface area (Å²) >= 11 is 0. The number of hydrogen-bond acceptors (Lipinski definition) is 5. The lowest BCUT2D eigenvalue weighted by atomic mass is 10.0. The summed E-state index contributed by atoms with van der Waals surface area (Å²) in [6.07, 6.45) is -0.497. The van der Waals surface area contributed by atoms with Gasteiger partial charge in [0.1, 0.15) is 6.10 Å². The summed E-state index contributed by atoms with van der Waals surface area (Å²) in [6.45, 7) is 4.51. The minimum atomic E-state index is -0.497. The monoisotopic (exact) mass is 460 g/mol. The Labute approximate surface area is 194 Å². The Morgan fingerprint density at radius 2 is 1.74 bits per heavy atom. The normalized spacial score (nSPS) is 15.5. The molecule has 9 heteroatoms. The second-order valence-electron chi connectivity index (χ2n) is 8.73. The van der Waals surface area contributed by atoms with Crippen molar-refractivity contribution in [3.05, 3.63) is 95.8 Å². The lowest BCUT2D eigenvalue weighted by molar-refractivity contribution is -0.385. The number of nitro groups is 1. The van der Waals surface area contributed by atoms with Gasteiger partial charge in [0.15, 0.2) is 0 Å². The quantitative estimate of drug-likeness (QED) is 0.345. The van der Waals surface area contributed by atoms with Gasteiger partial charge in [-0.05, 0) is 19.4 Å². The molecule has 5 rings (SSSR count). The molecule has 4 aromatic rings. The topological polar surface area (TPSA) is 101 Å². The summed E-state index contributed by atoms with van der Waals surface area (Å²) in [4.78, 5) is 37.6. The summed E-state index contributed by atoms with van der Waals surface area (Å²) in [5.74, 6) is 0. The van der Waals surface area contributed by atoms with E-state index in [-0.39, 0.29) is 5.69 Å².